The van der Waals surface area contributed by atoms with Crippen molar-refractivity contribution in [2.45, 2.75) is 0 Å². The lowest BCUT2D eigenvalue weighted by molar-refractivity contribution is 1.07. The molecule has 0 amide bonds. The topological polar surface area (TPSA) is 61.4 Å². The van der Waals surface area contributed by atoms with Crippen LogP contribution in [0.3, 0.4) is 0 Å². The predicted octanol–water partition coefficient (Wildman–Crippen LogP) is 16.9. The molecule has 15 aromatic rings. The van der Waals surface area contributed by atoms with Crippen molar-refractivity contribution in [3.05, 3.63) is 219 Å². The number of fused-ring (bicyclic) bond motifs is 14. The van der Waals surface area contributed by atoms with Gasteiger partial charge in [0.15, 0.2) is 17.5 Å². The Bertz CT molecular complexity index is 4540. The number of benzene rings is 9. The lowest BCUT2D eigenvalue weighted by Gasteiger charge is -2.18. The molecule has 8 heteroatoms. The van der Waals surface area contributed by atoms with Crippen LogP contribution in [0.2, 0.25) is 0 Å². The molecular formula is C62H36N6S2. The molecule has 0 saturated heterocycles. The maximum atomic E-state index is 5.33. The van der Waals surface area contributed by atoms with Crippen molar-refractivity contribution in [3.63, 3.8) is 0 Å². The van der Waals surface area contributed by atoms with E-state index < -0.39 is 0 Å². The summed E-state index contributed by atoms with van der Waals surface area (Å²) in [5.74, 6) is 1.79. The van der Waals surface area contributed by atoms with Gasteiger partial charge in [-0.3, -0.25) is 4.98 Å². The minimum Gasteiger partial charge on any atom is -0.309 e. The molecule has 6 heterocycles. The number of rotatable bonds is 6. The second-order valence-electron chi connectivity index (χ2n) is 17.7. The van der Waals surface area contributed by atoms with Crippen molar-refractivity contribution in [2.24, 2.45) is 0 Å². The summed E-state index contributed by atoms with van der Waals surface area (Å²) in [6.07, 6.45) is 3.93. The van der Waals surface area contributed by atoms with E-state index in [9.17, 15) is 0 Å². The van der Waals surface area contributed by atoms with Crippen molar-refractivity contribution < 1.29 is 0 Å². The van der Waals surface area contributed by atoms with Gasteiger partial charge in [-0.05, 0) is 66.2 Å². The van der Waals surface area contributed by atoms with Gasteiger partial charge in [-0.15, -0.1) is 22.7 Å². The molecule has 0 aliphatic rings. The van der Waals surface area contributed by atoms with E-state index >= 15 is 0 Å². The highest BCUT2D eigenvalue weighted by molar-refractivity contribution is 7.27. The molecule has 15 rings (SSSR count). The number of hydrogen-bond donors (Lipinski definition) is 0. The Morgan fingerprint density at radius 3 is 1.44 bits per heavy atom. The van der Waals surface area contributed by atoms with Crippen LogP contribution in [0.1, 0.15) is 0 Å². The summed E-state index contributed by atoms with van der Waals surface area (Å²) in [7, 11) is 0. The first-order chi connectivity index (χ1) is 34.7. The largest absolute Gasteiger partial charge is 0.309 e. The van der Waals surface area contributed by atoms with Crippen molar-refractivity contribution in [2.75, 3.05) is 0 Å². The molecule has 0 unspecified atom stereocenters. The van der Waals surface area contributed by atoms with Crippen LogP contribution in [0.4, 0.5) is 0 Å². The minimum absolute atomic E-state index is 0.576. The number of para-hydroxylation sites is 2. The zero-order valence-electron chi connectivity index (χ0n) is 37.3. The molecule has 0 N–H and O–H groups in total. The molecule has 6 aromatic heterocycles. The van der Waals surface area contributed by atoms with E-state index in [1.54, 1.807) is 0 Å². The van der Waals surface area contributed by atoms with Crippen molar-refractivity contribution in [1.82, 2.24) is 29.1 Å². The first-order valence-electron chi connectivity index (χ1n) is 23.4. The third-order valence-corrected chi connectivity index (χ3v) is 16.3. The van der Waals surface area contributed by atoms with Gasteiger partial charge in [0.05, 0.1) is 27.8 Å². The molecule has 0 aliphatic carbocycles. The molecule has 0 atom stereocenters. The molecular weight excluding hydrogens is 893 g/mol. The van der Waals surface area contributed by atoms with Crippen LogP contribution in [0.25, 0.3) is 141 Å². The molecule has 6 nitrogen and oxygen atoms in total. The van der Waals surface area contributed by atoms with Crippen LogP contribution in [0, 0.1) is 0 Å². The Morgan fingerprint density at radius 1 is 0.343 bits per heavy atom. The highest BCUT2D eigenvalue weighted by Gasteiger charge is 2.24. The summed E-state index contributed by atoms with van der Waals surface area (Å²) in [6, 6.07) is 73.6. The molecule has 0 aliphatic heterocycles. The first-order valence-corrected chi connectivity index (χ1v) is 25.0. The molecule has 70 heavy (non-hydrogen) atoms. The van der Waals surface area contributed by atoms with Gasteiger partial charge < -0.3 is 9.13 Å². The molecule has 0 radical (unpaired) electrons. The molecule has 0 spiro atoms. The quantitative estimate of drug-likeness (QED) is 0.167. The van der Waals surface area contributed by atoms with Crippen molar-refractivity contribution >= 4 is 107 Å². The Labute approximate surface area is 408 Å². The standard InChI is InChI=1S/C62H36N6S2/c1-3-15-37(16-4-1)60-64-61(38-17-5-2-6-18-38)66-62(65-60)44-28-27-39(67-49-23-11-7-21-45(49)56-52(67)31-29-42-40-19-9-13-25-54(40)69-58(42)56)35-47(44)48-36-63-34-33-51(48)68-50-24-12-8-22-46(50)57-53(68)32-30-43-41-20-10-14-26-55(41)70-59(43)57/h1-36H. The molecule has 9 aromatic carbocycles. The molecule has 326 valence electrons. The zero-order valence-corrected chi connectivity index (χ0v) is 38.9. The Morgan fingerprint density at radius 2 is 0.843 bits per heavy atom. The molecule has 0 fully saturated rings. The fourth-order valence-electron chi connectivity index (χ4n) is 10.8. The lowest BCUT2D eigenvalue weighted by atomic mass is 9.97. The summed E-state index contributed by atoms with van der Waals surface area (Å²) in [4.78, 5) is 20.7. The van der Waals surface area contributed by atoms with Gasteiger partial charge in [-0.1, -0.05) is 146 Å². The van der Waals surface area contributed by atoms with E-state index in [4.69, 9.17) is 19.9 Å². The Hall–Kier alpha value is -8.82. The SMILES string of the molecule is c1ccc(-c2nc(-c3ccccc3)nc(-c3ccc(-n4c5ccccc5c5c6sc7ccccc7c6ccc54)cc3-c3cnccc3-n3c4ccccc4c4c5sc6ccccc6c5ccc43)n2)cc1. The Kier molecular flexibility index (Phi) is 8.60. The van der Waals surface area contributed by atoms with Crippen molar-refractivity contribution in [3.8, 4) is 56.7 Å². The van der Waals surface area contributed by atoms with E-state index in [1.807, 2.05) is 71.5 Å². The number of nitrogens with zero attached hydrogens (tertiary/aromatic N) is 6. The van der Waals surface area contributed by atoms with Crippen LogP contribution in [-0.4, -0.2) is 29.1 Å². The van der Waals surface area contributed by atoms with E-state index in [2.05, 4.69) is 179 Å². The smallest absolute Gasteiger partial charge is 0.164 e. The van der Waals surface area contributed by atoms with Gasteiger partial charge in [0.2, 0.25) is 0 Å². The fourth-order valence-corrected chi connectivity index (χ4v) is 13.3. The highest BCUT2D eigenvalue weighted by atomic mass is 32.1. The third-order valence-electron chi connectivity index (χ3n) is 13.9. The molecule has 0 saturated carbocycles. The summed E-state index contributed by atoms with van der Waals surface area (Å²) in [6.45, 7) is 0. The average Bonchev–Trinajstić information content (AvgIpc) is 4.19. The van der Waals surface area contributed by atoms with Gasteiger partial charge in [-0.2, -0.15) is 0 Å². The van der Waals surface area contributed by atoms with E-state index in [1.165, 1.54) is 61.9 Å². The summed E-state index contributed by atoms with van der Waals surface area (Å²) >= 11 is 3.74. The van der Waals surface area contributed by atoms with Crippen LogP contribution in [-0.2, 0) is 0 Å². The van der Waals surface area contributed by atoms with Gasteiger partial charge >= 0.3 is 0 Å². The monoisotopic (exact) mass is 928 g/mol. The van der Waals surface area contributed by atoms with Crippen LogP contribution >= 0.6 is 22.7 Å². The Balaban J connectivity index is 1.04. The zero-order chi connectivity index (χ0) is 45.9. The van der Waals surface area contributed by atoms with E-state index in [0.717, 1.165) is 61.3 Å². The second-order valence-corrected chi connectivity index (χ2v) is 19.8. The average molecular weight is 929 g/mol. The fraction of sp³-hybridized carbons (Fsp3) is 0. The molecule has 0 bridgehead atoms. The van der Waals surface area contributed by atoms with Crippen LogP contribution < -0.4 is 0 Å². The maximum absolute atomic E-state index is 5.33. The third kappa shape index (κ3) is 5.84. The van der Waals surface area contributed by atoms with Gasteiger partial charge in [-0.25, -0.2) is 15.0 Å². The van der Waals surface area contributed by atoms with Gasteiger partial charge in [0.25, 0.3) is 0 Å². The van der Waals surface area contributed by atoms with E-state index in [-0.39, 0.29) is 0 Å². The first kappa shape index (κ1) is 39.2. The highest BCUT2D eigenvalue weighted by Crippen LogP contribution is 2.47. The number of aromatic nitrogens is 6. The lowest BCUT2D eigenvalue weighted by Crippen LogP contribution is -2.04. The van der Waals surface area contributed by atoms with Crippen molar-refractivity contribution in [1.29, 1.82) is 0 Å². The summed E-state index contributed by atoms with van der Waals surface area (Å²) in [5, 5.41) is 10.1. The maximum Gasteiger partial charge on any atom is 0.164 e. The van der Waals surface area contributed by atoms with Crippen LogP contribution in [0.5, 0.6) is 0 Å². The number of pyridine rings is 1. The van der Waals surface area contributed by atoms with Crippen LogP contribution in [0.15, 0.2) is 219 Å². The predicted molar refractivity (Wildman–Crippen MR) is 294 cm³/mol. The second kappa shape index (κ2) is 15.3. The van der Waals surface area contributed by atoms with Gasteiger partial charge in [0.1, 0.15) is 0 Å². The van der Waals surface area contributed by atoms with Gasteiger partial charge in [0, 0.05) is 102 Å². The summed E-state index contributed by atoms with van der Waals surface area (Å²) < 4.78 is 10.0. The number of thiophene rings is 2. The van der Waals surface area contributed by atoms with E-state index in [0.29, 0.717) is 17.5 Å². The summed E-state index contributed by atoms with van der Waals surface area (Å²) in [5.41, 5.74) is 11.2. The normalized spacial score (nSPS) is 12.0. The number of hydrogen-bond acceptors (Lipinski definition) is 6. The minimum atomic E-state index is 0.576.